The second kappa shape index (κ2) is 13.2. The molecule has 1 heterocycles. The first-order chi connectivity index (χ1) is 20.4. The molecule has 0 atom stereocenters. The Morgan fingerprint density at radius 3 is 2.48 bits per heavy atom. The molecule has 5 rings (SSSR count). The fraction of sp³-hybridized carbons (Fsp3) is 0.0606. The van der Waals surface area contributed by atoms with Crippen molar-refractivity contribution in [2.75, 3.05) is 16.4 Å². The van der Waals surface area contributed by atoms with Gasteiger partial charge in [-0.1, -0.05) is 60.1 Å². The van der Waals surface area contributed by atoms with Crippen LogP contribution in [0, 0.1) is 6.92 Å². The Bertz CT molecular complexity index is 1800. The summed E-state index contributed by atoms with van der Waals surface area (Å²) in [5.41, 5.74) is 4.18. The van der Waals surface area contributed by atoms with Crippen LogP contribution in [0.3, 0.4) is 0 Å². The lowest BCUT2D eigenvalue weighted by Gasteiger charge is -2.12. The molecule has 0 saturated carbocycles. The van der Waals surface area contributed by atoms with Crippen molar-refractivity contribution in [2.24, 2.45) is 0 Å². The maximum atomic E-state index is 13.5. The summed E-state index contributed by atoms with van der Waals surface area (Å²) >= 11 is 7.49. The van der Waals surface area contributed by atoms with Gasteiger partial charge in [-0.05, 0) is 67.1 Å². The molecular weight excluding hydrogens is 568 g/mol. The van der Waals surface area contributed by atoms with E-state index in [4.69, 9.17) is 11.6 Å². The number of hydrogen-bond donors (Lipinski definition) is 4. The first-order valence-corrected chi connectivity index (χ1v) is 14.5. The molecule has 0 aliphatic heterocycles. The summed E-state index contributed by atoms with van der Waals surface area (Å²) in [6.07, 6.45) is 3.44. The number of para-hydroxylation sites is 1. The molecule has 4 N–H and O–H groups in total. The quantitative estimate of drug-likeness (QED) is 0.106. The van der Waals surface area contributed by atoms with E-state index in [2.05, 4.69) is 20.9 Å². The van der Waals surface area contributed by atoms with Crippen LogP contribution in [0.1, 0.15) is 21.5 Å². The zero-order valence-corrected chi connectivity index (χ0v) is 24.2. The first kappa shape index (κ1) is 28.7. The number of hydrogen-bond acceptors (Lipinski definition) is 4. The molecule has 210 valence electrons. The predicted octanol–water partition coefficient (Wildman–Crippen LogP) is 7.27. The number of aromatic amines is 1. The Labute approximate surface area is 252 Å². The molecule has 0 unspecified atom stereocenters. The van der Waals surface area contributed by atoms with Crippen molar-refractivity contribution in [3.05, 3.63) is 131 Å². The van der Waals surface area contributed by atoms with Gasteiger partial charge in [0.25, 0.3) is 11.8 Å². The number of fused-ring (bicyclic) bond motifs is 1. The lowest BCUT2D eigenvalue weighted by molar-refractivity contribution is -0.114. The summed E-state index contributed by atoms with van der Waals surface area (Å²) in [5, 5.41) is 10.0. The van der Waals surface area contributed by atoms with Gasteiger partial charge in [-0.3, -0.25) is 14.4 Å². The number of amides is 3. The molecule has 42 heavy (non-hydrogen) atoms. The first-order valence-electron chi connectivity index (χ1n) is 13.1. The van der Waals surface area contributed by atoms with Crippen LogP contribution in [0.25, 0.3) is 17.0 Å². The van der Waals surface area contributed by atoms with E-state index in [1.807, 2.05) is 43.3 Å². The van der Waals surface area contributed by atoms with Gasteiger partial charge in [-0.2, -0.15) is 0 Å². The fourth-order valence-electron chi connectivity index (χ4n) is 4.25. The highest BCUT2D eigenvalue weighted by molar-refractivity contribution is 8.00. The number of nitrogens with one attached hydrogen (secondary N) is 4. The summed E-state index contributed by atoms with van der Waals surface area (Å²) < 4.78 is 0. The molecule has 1 aromatic heterocycles. The van der Waals surface area contributed by atoms with Crippen LogP contribution in [0.4, 0.5) is 11.4 Å². The second-order valence-corrected chi connectivity index (χ2v) is 10.9. The average Bonchev–Trinajstić information content (AvgIpc) is 3.41. The van der Waals surface area contributed by atoms with Crippen LogP contribution in [-0.4, -0.2) is 28.5 Å². The molecule has 5 aromatic rings. The van der Waals surface area contributed by atoms with Crippen molar-refractivity contribution in [1.29, 1.82) is 0 Å². The molecule has 0 radical (unpaired) electrons. The van der Waals surface area contributed by atoms with Crippen molar-refractivity contribution >= 4 is 69.4 Å². The molecule has 9 heteroatoms. The smallest absolute Gasteiger partial charge is 0.272 e. The van der Waals surface area contributed by atoms with Crippen LogP contribution in [-0.2, 0) is 9.59 Å². The van der Waals surface area contributed by atoms with Crippen molar-refractivity contribution in [3.8, 4) is 0 Å². The lowest BCUT2D eigenvalue weighted by atomic mass is 10.1. The predicted molar refractivity (Wildman–Crippen MR) is 171 cm³/mol. The minimum Gasteiger partial charge on any atom is -0.361 e. The van der Waals surface area contributed by atoms with E-state index in [1.54, 1.807) is 72.9 Å². The monoisotopic (exact) mass is 594 g/mol. The van der Waals surface area contributed by atoms with Gasteiger partial charge in [0.05, 0.1) is 5.75 Å². The number of H-pyrrole nitrogens is 1. The molecular formula is C33H27ClN4O3S. The van der Waals surface area contributed by atoms with Gasteiger partial charge in [-0.15, -0.1) is 11.8 Å². The maximum Gasteiger partial charge on any atom is 0.272 e. The number of halogens is 1. The molecule has 0 aliphatic rings. The van der Waals surface area contributed by atoms with Gasteiger partial charge in [-0.25, -0.2) is 0 Å². The van der Waals surface area contributed by atoms with Crippen molar-refractivity contribution < 1.29 is 14.4 Å². The highest BCUT2D eigenvalue weighted by Crippen LogP contribution is 2.26. The van der Waals surface area contributed by atoms with Crippen molar-refractivity contribution in [1.82, 2.24) is 10.3 Å². The van der Waals surface area contributed by atoms with Gasteiger partial charge in [0.2, 0.25) is 5.91 Å². The van der Waals surface area contributed by atoms with Gasteiger partial charge in [0.15, 0.2) is 0 Å². The minimum absolute atomic E-state index is 0.0860. The topological polar surface area (TPSA) is 103 Å². The zero-order valence-electron chi connectivity index (χ0n) is 22.6. The van der Waals surface area contributed by atoms with E-state index >= 15 is 0 Å². The van der Waals surface area contributed by atoms with Gasteiger partial charge >= 0.3 is 0 Å². The van der Waals surface area contributed by atoms with Crippen LogP contribution in [0.2, 0.25) is 5.02 Å². The number of rotatable bonds is 9. The summed E-state index contributed by atoms with van der Waals surface area (Å²) in [6.45, 7) is 1.85. The average molecular weight is 595 g/mol. The van der Waals surface area contributed by atoms with Gasteiger partial charge in [0.1, 0.15) is 5.70 Å². The Kier molecular flexibility index (Phi) is 9.06. The third-order valence-corrected chi connectivity index (χ3v) is 7.86. The third-order valence-electron chi connectivity index (χ3n) is 6.45. The number of carbonyl (C=O) groups excluding carboxylic acids is 3. The van der Waals surface area contributed by atoms with E-state index in [-0.39, 0.29) is 17.4 Å². The summed E-state index contributed by atoms with van der Waals surface area (Å²) in [7, 11) is 0. The Morgan fingerprint density at radius 2 is 1.64 bits per heavy atom. The third kappa shape index (κ3) is 7.09. The van der Waals surface area contributed by atoms with E-state index < -0.39 is 11.8 Å². The highest BCUT2D eigenvalue weighted by atomic mass is 35.5. The summed E-state index contributed by atoms with van der Waals surface area (Å²) in [5.74, 6) is -0.891. The van der Waals surface area contributed by atoms with Crippen LogP contribution in [0.15, 0.2) is 114 Å². The molecule has 0 bridgehead atoms. The van der Waals surface area contributed by atoms with Crippen LogP contribution >= 0.6 is 23.4 Å². The van der Waals surface area contributed by atoms with Crippen LogP contribution < -0.4 is 16.0 Å². The fourth-order valence-corrected chi connectivity index (χ4v) is 5.18. The van der Waals surface area contributed by atoms with E-state index in [1.165, 1.54) is 11.8 Å². The summed E-state index contributed by atoms with van der Waals surface area (Å²) in [4.78, 5) is 43.0. The second-order valence-electron chi connectivity index (χ2n) is 9.40. The highest BCUT2D eigenvalue weighted by Gasteiger charge is 2.16. The Morgan fingerprint density at radius 1 is 0.881 bits per heavy atom. The molecule has 4 aromatic carbocycles. The number of anilines is 2. The van der Waals surface area contributed by atoms with Crippen molar-refractivity contribution in [2.45, 2.75) is 11.8 Å². The number of benzene rings is 4. The van der Waals surface area contributed by atoms with E-state index in [0.717, 1.165) is 26.9 Å². The molecule has 0 fully saturated rings. The Balaban J connectivity index is 1.31. The van der Waals surface area contributed by atoms with Crippen LogP contribution in [0.5, 0.6) is 0 Å². The summed E-state index contributed by atoms with van der Waals surface area (Å²) in [6, 6.07) is 29.0. The molecule has 3 amide bonds. The van der Waals surface area contributed by atoms with E-state index in [0.29, 0.717) is 22.0 Å². The minimum atomic E-state index is -0.485. The maximum absolute atomic E-state index is 13.5. The molecule has 0 saturated heterocycles. The largest absolute Gasteiger partial charge is 0.361 e. The number of carbonyl (C=O) groups is 3. The SMILES string of the molecule is Cc1c(Cl)cccc1NC(=O)CSc1cccc(NC(=O)/C(=C/c2c[nH]c3ccccc23)NC(=O)c2ccccc2)c1. The molecule has 0 spiro atoms. The van der Waals surface area contributed by atoms with Crippen molar-refractivity contribution in [3.63, 3.8) is 0 Å². The normalized spacial score (nSPS) is 11.2. The number of aromatic nitrogens is 1. The lowest BCUT2D eigenvalue weighted by Crippen LogP contribution is -2.30. The number of thioether (sulfide) groups is 1. The standard InChI is InChI=1S/C33H27ClN4O3S/c1-21-27(34)14-8-16-28(21)37-31(39)20-42-25-12-7-11-24(18-25)36-33(41)30(38-32(40)22-9-3-2-4-10-22)17-23-19-35-29-15-6-5-13-26(23)29/h2-19,35H,20H2,1H3,(H,36,41)(H,37,39)(H,38,40)/b30-17-. The molecule has 0 aliphatic carbocycles. The zero-order chi connectivity index (χ0) is 29.5. The molecule has 7 nitrogen and oxygen atoms in total. The van der Waals surface area contributed by atoms with Gasteiger partial charge < -0.3 is 20.9 Å². The van der Waals surface area contributed by atoms with E-state index in [9.17, 15) is 14.4 Å². The Hall–Kier alpha value is -4.79. The van der Waals surface area contributed by atoms with Gasteiger partial charge in [0, 0.05) is 49.5 Å².